The largest absolute Gasteiger partial charge is 0.481 e. The van der Waals surface area contributed by atoms with Gasteiger partial charge in [-0.3, -0.25) is 9.59 Å². The van der Waals surface area contributed by atoms with Crippen LogP contribution in [0.3, 0.4) is 0 Å². The third-order valence-electron chi connectivity index (χ3n) is 4.05. The van der Waals surface area contributed by atoms with Gasteiger partial charge in [-0.25, -0.2) is 0 Å². The zero-order valence-corrected chi connectivity index (χ0v) is 13.7. The van der Waals surface area contributed by atoms with Crippen LogP contribution in [-0.4, -0.2) is 22.5 Å². The van der Waals surface area contributed by atoms with Crippen LogP contribution in [0.2, 0.25) is 0 Å². The molecule has 1 aromatic rings. The van der Waals surface area contributed by atoms with Crippen LogP contribution in [0.15, 0.2) is 22.7 Å². The van der Waals surface area contributed by atoms with Gasteiger partial charge in [0.05, 0.1) is 17.5 Å². The fourth-order valence-corrected chi connectivity index (χ4v) is 3.65. The van der Waals surface area contributed by atoms with Crippen LogP contribution < -0.4 is 5.32 Å². The van der Waals surface area contributed by atoms with Crippen LogP contribution in [0.4, 0.5) is 0 Å². The molecule has 1 aliphatic rings. The number of carbonyl (C=O) groups excluding carboxylic acids is 1. The first-order chi connectivity index (χ1) is 9.92. The molecule has 0 atom stereocenters. The summed E-state index contributed by atoms with van der Waals surface area (Å²) in [6.07, 6.45) is 4.47. The van der Waals surface area contributed by atoms with E-state index in [1.807, 2.05) is 19.1 Å². The summed E-state index contributed by atoms with van der Waals surface area (Å²) in [6.45, 7) is 1.96. The number of nitrogens with one attached hydrogen (secondary N) is 1. The molecule has 0 aliphatic heterocycles. The summed E-state index contributed by atoms with van der Waals surface area (Å²) in [4.78, 5) is 23.6. The third-order valence-corrected chi connectivity index (χ3v) is 4.70. The highest BCUT2D eigenvalue weighted by atomic mass is 79.9. The molecule has 0 radical (unpaired) electrons. The predicted octanol–water partition coefficient (Wildman–Crippen LogP) is 3.66. The summed E-state index contributed by atoms with van der Waals surface area (Å²) in [6, 6.07) is 5.54. The number of hydrogen-bond acceptors (Lipinski definition) is 2. The van der Waals surface area contributed by atoms with Gasteiger partial charge in [-0.1, -0.05) is 25.3 Å². The maximum absolute atomic E-state index is 12.5. The average Bonchev–Trinajstić information content (AvgIpc) is 2.38. The van der Waals surface area contributed by atoms with Gasteiger partial charge >= 0.3 is 5.97 Å². The van der Waals surface area contributed by atoms with Crippen LogP contribution in [0.25, 0.3) is 0 Å². The molecule has 5 heteroatoms. The molecule has 4 nitrogen and oxygen atoms in total. The van der Waals surface area contributed by atoms with E-state index in [4.69, 9.17) is 5.11 Å². The van der Waals surface area contributed by atoms with Crippen molar-refractivity contribution in [3.8, 4) is 0 Å². The number of rotatable bonds is 4. The van der Waals surface area contributed by atoms with Gasteiger partial charge in [0.1, 0.15) is 0 Å². The second-order valence-corrected chi connectivity index (χ2v) is 6.70. The van der Waals surface area contributed by atoms with E-state index in [0.29, 0.717) is 5.56 Å². The molecular formula is C16H20BrNO3. The number of aliphatic carboxylic acids is 1. The standard InChI is InChI=1S/C16H20BrNO3/c1-11-5-6-12(13(17)9-11)15(21)18-16(10-14(19)20)7-3-2-4-8-16/h5-6,9H,2-4,7-8,10H2,1H3,(H,18,21)(H,19,20). The Morgan fingerprint density at radius 3 is 2.52 bits per heavy atom. The van der Waals surface area contributed by atoms with E-state index in [1.54, 1.807) is 6.07 Å². The number of carboxylic acids is 1. The third kappa shape index (κ3) is 4.06. The van der Waals surface area contributed by atoms with Crippen molar-refractivity contribution in [1.29, 1.82) is 0 Å². The monoisotopic (exact) mass is 353 g/mol. The van der Waals surface area contributed by atoms with Gasteiger partial charge in [-0.15, -0.1) is 0 Å². The van der Waals surface area contributed by atoms with Crippen molar-refractivity contribution in [3.63, 3.8) is 0 Å². The first-order valence-corrected chi connectivity index (χ1v) is 8.02. The molecule has 0 unspecified atom stereocenters. The van der Waals surface area contributed by atoms with Gasteiger partial charge < -0.3 is 10.4 Å². The molecule has 2 N–H and O–H groups in total. The molecule has 0 saturated heterocycles. The van der Waals surface area contributed by atoms with Gasteiger partial charge in [0.15, 0.2) is 0 Å². The summed E-state index contributed by atoms with van der Waals surface area (Å²) in [5.41, 5.74) is 1.01. The molecule has 21 heavy (non-hydrogen) atoms. The first kappa shape index (κ1) is 16.0. The van der Waals surface area contributed by atoms with Gasteiger partial charge in [0.2, 0.25) is 0 Å². The van der Waals surface area contributed by atoms with E-state index in [-0.39, 0.29) is 12.3 Å². The summed E-state index contributed by atoms with van der Waals surface area (Å²) in [7, 11) is 0. The van der Waals surface area contributed by atoms with E-state index in [1.165, 1.54) is 0 Å². The van der Waals surface area contributed by atoms with Crippen LogP contribution in [0.5, 0.6) is 0 Å². The van der Waals surface area contributed by atoms with Gasteiger partial charge in [-0.2, -0.15) is 0 Å². The van der Waals surface area contributed by atoms with Gasteiger partial charge in [0.25, 0.3) is 5.91 Å². The summed E-state index contributed by atoms with van der Waals surface area (Å²) >= 11 is 3.40. The fourth-order valence-electron chi connectivity index (χ4n) is 2.98. The summed E-state index contributed by atoms with van der Waals surface area (Å²) in [5, 5.41) is 12.1. The number of hydrogen-bond donors (Lipinski definition) is 2. The Morgan fingerprint density at radius 2 is 1.95 bits per heavy atom. The molecule has 1 saturated carbocycles. The topological polar surface area (TPSA) is 66.4 Å². The Labute approximate surface area is 133 Å². The minimum atomic E-state index is -0.861. The van der Waals surface area contributed by atoms with Crippen LogP contribution in [-0.2, 0) is 4.79 Å². The molecule has 0 bridgehead atoms. The Kier molecular flexibility index (Phi) is 5.04. The quantitative estimate of drug-likeness (QED) is 0.867. The number of halogens is 1. The number of carboxylic acid groups (broad SMARTS) is 1. The fraction of sp³-hybridized carbons (Fsp3) is 0.500. The summed E-state index contributed by atoms with van der Waals surface area (Å²) in [5.74, 6) is -1.06. The Hall–Kier alpha value is -1.36. The minimum Gasteiger partial charge on any atom is -0.481 e. The Balaban J connectivity index is 2.19. The molecule has 1 aromatic carbocycles. The van der Waals surface area contributed by atoms with E-state index in [2.05, 4.69) is 21.2 Å². The van der Waals surface area contributed by atoms with Crippen molar-refractivity contribution >= 4 is 27.8 Å². The average molecular weight is 354 g/mol. The minimum absolute atomic E-state index is 0.0117. The second-order valence-electron chi connectivity index (χ2n) is 5.85. The molecule has 1 aliphatic carbocycles. The van der Waals surface area contributed by atoms with Crippen molar-refractivity contribution in [2.75, 3.05) is 0 Å². The lowest BCUT2D eigenvalue weighted by atomic mass is 9.79. The van der Waals surface area contributed by atoms with Gasteiger partial charge in [-0.05, 0) is 53.4 Å². The number of amides is 1. The lowest BCUT2D eigenvalue weighted by Gasteiger charge is -2.37. The lowest BCUT2D eigenvalue weighted by molar-refractivity contribution is -0.139. The SMILES string of the molecule is Cc1ccc(C(=O)NC2(CC(=O)O)CCCCC2)c(Br)c1. The van der Waals surface area contributed by atoms with Gasteiger partial charge in [0, 0.05) is 4.47 Å². The number of benzene rings is 1. The predicted molar refractivity (Wildman–Crippen MR) is 84.4 cm³/mol. The number of aryl methyl sites for hydroxylation is 1. The zero-order chi connectivity index (χ0) is 15.5. The van der Waals surface area contributed by atoms with E-state index < -0.39 is 11.5 Å². The van der Waals surface area contributed by atoms with Crippen molar-refractivity contribution in [2.45, 2.75) is 51.0 Å². The van der Waals surface area contributed by atoms with Crippen LogP contribution in [0, 0.1) is 6.92 Å². The molecule has 2 rings (SSSR count). The molecular weight excluding hydrogens is 334 g/mol. The van der Waals surface area contributed by atoms with Crippen molar-refractivity contribution in [1.82, 2.24) is 5.32 Å². The van der Waals surface area contributed by atoms with Crippen LogP contribution in [0.1, 0.15) is 54.4 Å². The molecule has 1 fully saturated rings. The van der Waals surface area contributed by atoms with Crippen molar-refractivity contribution in [3.05, 3.63) is 33.8 Å². The summed E-state index contributed by atoms with van der Waals surface area (Å²) < 4.78 is 0.737. The van der Waals surface area contributed by atoms with E-state index in [0.717, 1.165) is 42.1 Å². The molecule has 114 valence electrons. The maximum atomic E-state index is 12.5. The highest BCUT2D eigenvalue weighted by molar-refractivity contribution is 9.10. The van der Waals surface area contributed by atoms with E-state index >= 15 is 0 Å². The Bertz CT molecular complexity index is 550. The molecule has 0 spiro atoms. The smallest absolute Gasteiger partial charge is 0.305 e. The van der Waals surface area contributed by atoms with Crippen molar-refractivity contribution < 1.29 is 14.7 Å². The van der Waals surface area contributed by atoms with Crippen molar-refractivity contribution in [2.24, 2.45) is 0 Å². The Morgan fingerprint density at radius 1 is 1.29 bits per heavy atom. The lowest BCUT2D eigenvalue weighted by Crippen LogP contribution is -2.51. The molecule has 0 heterocycles. The second kappa shape index (κ2) is 6.60. The normalized spacial score (nSPS) is 17.2. The molecule has 0 aromatic heterocycles. The maximum Gasteiger partial charge on any atom is 0.305 e. The first-order valence-electron chi connectivity index (χ1n) is 7.22. The van der Waals surface area contributed by atoms with Crippen LogP contribution >= 0.6 is 15.9 Å². The number of carbonyl (C=O) groups is 2. The molecule has 1 amide bonds. The van der Waals surface area contributed by atoms with E-state index in [9.17, 15) is 9.59 Å². The zero-order valence-electron chi connectivity index (χ0n) is 12.1. The highest BCUT2D eigenvalue weighted by Gasteiger charge is 2.36. The highest BCUT2D eigenvalue weighted by Crippen LogP contribution is 2.32.